The summed E-state index contributed by atoms with van der Waals surface area (Å²) in [5.74, 6) is -4.03. The molecule has 1 fully saturated rings. The van der Waals surface area contributed by atoms with Gasteiger partial charge in [0.05, 0.1) is 12.5 Å². The Balaban J connectivity index is 1.85. The third kappa shape index (κ3) is 4.32. The lowest BCUT2D eigenvalue weighted by atomic mass is 9.99. The van der Waals surface area contributed by atoms with Crippen molar-refractivity contribution in [2.24, 2.45) is 5.92 Å². The molecule has 2 aromatic carbocycles. The minimum Gasteiger partial charge on any atom is -0.545 e. The summed E-state index contributed by atoms with van der Waals surface area (Å²) in [4.78, 5) is 49.6. The molecule has 0 aromatic heterocycles. The van der Waals surface area contributed by atoms with Gasteiger partial charge in [0.1, 0.15) is 0 Å². The smallest absolute Gasteiger partial charge is 0.331 e. The third-order valence-electron chi connectivity index (χ3n) is 4.44. The first-order valence-electron chi connectivity index (χ1n) is 8.85. The van der Waals surface area contributed by atoms with Crippen molar-refractivity contribution < 1.29 is 24.3 Å². The van der Waals surface area contributed by atoms with E-state index >= 15 is 0 Å². The lowest BCUT2D eigenvalue weighted by Gasteiger charge is -2.31. The van der Waals surface area contributed by atoms with E-state index in [1.165, 1.54) is 24.3 Å². The van der Waals surface area contributed by atoms with Gasteiger partial charge in [0.15, 0.2) is 5.92 Å². The fraction of sp³-hybridized carbons (Fsp3) is 0.143. The summed E-state index contributed by atoms with van der Waals surface area (Å²) in [6.07, 6.45) is 1.53. The molecule has 0 radical (unpaired) electrons. The van der Waals surface area contributed by atoms with Gasteiger partial charge in [0.2, 0.25) is 11.8 Å². The first-order chi connectivity index (χ1) is 13.9. The van der Waals surface area contributed by atoms with Crippen LogP contribution in [0.15, 0.2) is 66.4 Å². The van der Waals surface area contributed by atoms with Crippen LogP contribution in [-0.2, 0) is 16.1 Å². The third-order valence-corrected chi connectivity index (χ3v) is 4.44. The van der Waals surface area contributed by atoms with E-state index in [1.54, 1.807) is 37.3 Å². The van der Waals surface area contributed by atoms with Gasteiger partial charge in [0.25, 0.3) is 0 Å². The van der Waals surface area contributed by atoms with Gasteiger partial charge in [-0.15, -0.1) is 0 Å². The molecule has 0 bridgehead atoms. The van der Waals surface area contributed by atoms with E-state index in [4.69, 9.17) is 0 Å². The van der Waals surface area contributed by atoms with Gasteiger partial charge in [0, 0.05) is 11.4 Å². The number of benzene rings is 2. The van der Waals surface area contributed by atoms with E-state index in [0.29, 0.717) is 5.69 Å². The number of urea groups is 1. The van der Waals surface area contributed by atoms with Crippen LogP contribution in [0.4, 0.5) is 10.5 Å². The molecule has 148 valence electrons. The maximum absolute atomic E-state index is 13.0. The number of imide groups is 2. The van der Waals surface area contributed by atoms with E-state index < -0.39 is 29.7 Å². The number of nitrogens with zero attached hydrogens (tertiary/aromatic N) is 1. The number of carbonyl (C=O) groups excluding carboxylic acids is 4. The van der Waals surface area contributed by atoms with Crippen molar-refractivity contribution in [2.45, 2.75) is 13.5 Å². The Morgan fingerprint density at radius 1 is 1.14 bits per heavy atom. The van der Waals surface area contributed by atoms with Gasteiger partial charge >= 0.3 is 6.03 Å². The van der Waals surface area contributed by atoms with E-state index in [0.717, 1.165) is 10.5 Å². The van der Waals surface area contributed by atoms with Crippen LogP contribution in [0.3, 0.4) is 0 Å². The van der Waals surface area contributed by atoms with E-state index in [2.05, 4.69) is 10.6 Å². The lowest BCUT2D eigenvalue weighted by molar-refractivity contribution is -0.255. The zero-order valence-electron chi connectivity index (χ0n) is 15.5. The Morgan fingerprint density at radius 3 is 2.52 bits per heavy atom. The van der Waals surface area contributed by atoms with Crippen molar-refractivity contribution in [1.29, 1.82) is 0 Å². The number of barbiturate groups is 1. The summed E-state index contributed by atoms with van der Waals surface area (Å²) in [7, 11) is 0. The summed E-state index contributed by atoms with van der Waals surface area (Å²) >= 11 is 0. The Morgan fingerprint density at radius 2 is 1.86 bits per heavy atom. The molecule has 0 spiro atoms. The molecule has 8 heteroatoms. The average molecular weight is 392 g/mol. The highest BCUT2D eigenvalue weighted by Crippen LogP contribution is 2.23. The molecule has 0 saturated carbocycles. The van der Waals surface area contributed by atoms with Crippen LogP contribution >= 0.6 is 0 Å². The van der Waals surface area contributed by atoms with Gasteiger partial charge in [-0.05, 0) is 30.2 Å². The molecule has 4 amide bonds. The van der Waals surface area contributed by atoms with Crippen LogP contribution in [0.25, 0.3) is 0 Å². The molecule has 1 aliphatic rings. The fourth-order valence-corrected chi connectivity index (χ4v) is 3.00. The number of rotatable bonds is 6. The molecule has 29 heavy (non-hydrogen) atoms. The molecule has 2 aromatic rings. The number of anilines is 1. The molecule has 8 nitrogen and oxygen atoms in total. The standard InChI is InChI=1S/C21H19N3O5/c1-2-16(22-15-10-6-9-14(11-15)20(27)28)17-18(25)23-21(29)24(19(17)26)12-13-7-4-3-5-8-13/h2-11,17,22H,12H2,1H3,(H,27,28)(H,23,25,29)/p-1/b16-2+/t17-/m0/s1. The van der Waals surface area contributed by atoms with E-state index in [1.807, 2.05) is 6.07 Å². The predicted molar refractivity (Wildman–Crippen MR) is 102 cm³/mol. The number of amides is 4. The van der Waals surface area contributed by atoms with Gasteiger partial charge < -0.3 is 15.2 Å². The number of carboxylic acid groups (broad SMARTS) is 1. The first kappa shape index (κ1) is 19.8. The normalized spacial score (nSPS) is 17.1. The van der Waals surface area contributed by atoms with E-state index in [-0.39, 0.29) is 17.8 Å². The molecular formula is C21H18N3O5-. The van der Waals surface area contributed by atoms with Crippen LogP contribution in [0.1, 0.15) is 22.8 Å². The van der Waals surface area contributed by atoms with Crippen LogP contribution in [0, 0.1) is 5.92 Å². The first-order valence-corrected chi connectivity index (χ1v) is 8.85. The number of hydrogen-bond donors (Lipinski definition) is 2. The zero-order chi connectivity index (χ0) is 21.0. The predicted octanol–water partition coefficient (Wildman–Crippen LogP) is 1.26. The minimum atomic E-state index is -1.35. The molecule has 1 atom stereocenters. The lowest BCUT2D eigenvalue weighted by Crippen LogP contribution is -2.58. The summed E-state index contributed by atoms with van der Waals surface area (Å²) in [6, 6.07) is 13.9. The van der Waals surface area contributed by atoms with Gasteiger partial charge in [-0.25, -0.2) is 4.79 Å². The summed E-state index contributed by atoms with van der Waals surface area (Å²) in [5, 5.41) is 16.2. The molecule has 1 saturated heterocycles. The largest absolute Gasteiger partial charge is 0.545 e. The Hall–Kier alpha value is -3.94. The average Bonchev–Trinajstić information content (AvgIpc) is 2.71. The van der Waals surface area contributed by atoms with Gasteiger partial charge in [-0.1, -0.05) is 48.5 Å². The monoisotopic (exact) mass is 392 g/mol. The van der Waals surface area contributed by atoms with E-state index in [9.17, 15) is 24.3 Å². The number of carbonyl (C=O) groups is 4. The fourth-order valence-electron chi connectivity index (χ4n) is 3.00. The molecule has 0 unspecified atom stereocenters. The van der Waals surface area contributed by atoms with Crippen molar-refractivity contribution in [3.63, 3.8) is 0 Å². The summed E-state index contributed by atoms with van der Waals surface area (Å²) in [5.41, 5.74) is 1.28. The second-order valence-electron chi connectivity index (χ2n) is 6.37. The van der Waals surface area contributed by atoms with Crippen molar-refractivity contribution in [1.82, 2.24) is 10.2 Å². The van der Waals surface area contributed by atoms with Crippen LogP contribution < -0.4 is 15.7 Å². The van der Waals surface area contributed by atoms with Gasteiger partial charge in [-0.2, -0.15) is 0 Å². The molecule has 3 rings (SSSR count). The molecular weight excluding hydrogens is 374 g/mol. The van der Waals surface area contributed by atoms with Crippen molar-refractivity contribution in [3.05, 3.63) is 77.5 Å². The maximum Gasteiger partial charge on any atom is 0.331 e. The second-order valence-corrected chi connectivity index (χ2v) is 6.37. The molecule has 1 aliphatic heterocycles. The topological polar surface area (TPSA) is 119 Å². The summed E-state index contributed by atoms with van der Waals surface area (Å²) in [6.45, 7) is 1.65. The highest BCUT2D eigenvalue weighted by molar-refractivity contribution is 6.18. The number of allylic oxidation sites excluding steroid dienone is 1. The molecule has 2 N–H and O–H groups in total. The zero-order valence-corrected chi connectivity index (χ0v) is 15.5. The number of aromatic carboxylic acids is 1. The molecule has 0 aliphatic carbocycles. The SMILES string of the molecule is C/C=C(/Nc1cccc(C(=O)[O-])c1)[C@H]1C(=O)NC(=O)N(Cc2ccccc2)C1=O. The number of nitrogens with one attached hydrogen (secondary N) is 2. The van der Waals surface area contributed by atoms with Crippen molar-refractivity contribution in [2.75, 3.05) is 5.32 Å². The number of carboxylic acids is 1. The van der Waals surface area contributed by atoms with Crippen LogP contribution in [0.5, 0.6) is 0 Å². The Kier molecular flexibility index (Phi) is 5.73. The highest BCUT2D eigenvalue weighted by Gasteiger charge is 2.42. The highest BCUT2D eigenvalue weighted by atomic mass is 16.4. The quantitative estimate of drug-likeness (QED) is 0.715. The summed E-state index contributed by atoms with van der Waals surface area (Å²) < 4.78 is 0. The van der Waals surface area contributed by atoms with Crippen LogP contribution in [0.2, 0.25) is 0 Å². The second kappa shape index (κ2) is 8.39. The molecule has 1 heterocycles. The number of hydrogen-bond acceptors (Lipinski definition) is 6. The maximum atomic E-state index is 13.0. The van der Waals surface area contributed by atoms with Crippen LogP contribution in [-0.4, -0.2) is 28.7 Å². The Bertz CT molecular complexity index is 1000. The van der Waals surface area contributed by atoms with Gasteiger partial charge in [-0.3, -0.25) is 19.8 Å². The van der Waals surface area contributed by atoms with Crippen molar-refractivity contribution >= 4 is 29.5 Å². The van der Waals surface area contributed by atoms with Crippen molar-refractivity contribution in [3.8, 4) is 0 Å². The Labute approximate surface area is 166 Å². The minimum absolute atomic E-state index is 0.0203.